The lowest BCUT2D eigenvalue weighted by atomic mass is 9.52. The first-order valence-electron chi connectivity index (χ1n) is 8.24. The van der Waals surface area contributed by atoms with Crippen LogP contribution >= 0.6 is 0 Å². The molecule has 3 aliphatic rings. The van der Waals surface area contributed by atoms with Gasteiger partial charge in [-0.25, -0.2) is 0 Å². The quantitative estimate of drug-likeness (QED) is 0.862. The summed E-state index contributed by atoms with van der Waals surface area (Å²) in [4.78, 5) is 2.39. The van der Waals surface area contributed by atoms with Crippen molar-refractivity contribution in [2.75, 3.05) is 20.7 Å². The van der Waals surface area contributed by atoms with Crippen molar-refractivity contribution in [1.29, 1.82) is 0 Å². The number of fused-ring (bicyclic) bond motifs is 1. The highest BCUT2D eigenvalue weighted by Crippen LogP contribution is 2.58. The van der Waals surface area contributed by atoms with Crippen LogP contribution in [0.25, 0.3) is 0 Å². The van der Waals surface area contributed by atoms with E-state index in [2.05, 4.69) is 24.1 Å². The summed E-state index contributed by atoms with van der Waals surface area (Å²) in [5, 5.41) is 11.0. The van der Waals surface area contributed by atoms with Crippen LogP contribution in [0.15, 0.2) is 18.2 Å². The van der Waals surface area contributed by atoms with Gasteiger partial charge in [0.05, 0.1) is 13.2 Å². The number of ether oxygens (including phenoxy) is 1. The first kappa shape index (κ1) is 13.6. The van der Waals surface area contributed by atoms with Crippen LogP contribution in [0.2, 0.25) is 0 Å². The number of likely N-dealkylation sites (N-methyl/N-ethyl adjacent to an activating group) is 1. The summed E-state index contributed by atoms with van der Waals surface area (Å²) in [6.45, 7) is 1.09. The highest BCUT2D eigenvalue weighted by molar-refractivity contribution is 5.47. The molecule has 0 spiro atoms. The van der Waals surface area contributed by atoms with Crippen molar-refractivity contribution in [1.82, 2.24) is 4.90 Å². The highest BCUT2D eigenvalue weighted by Gasteiger charge is 2.56. The molecule has 3 heteroatoms. The molecule has 1 saturated heterocycles. The van der Waals surface area contributed by atoms with Crippen LogP contribution in [-0.4, -0.2) is 36.8 Å². The molecule has 0 radical (unpaired) electrons. The van der Waals surface area contributed by atoms with Crippen molar-refractivity contribution >= 4 is 0 Å². The molecule has 1 heterocycles. The fourth-order valence-electron chi connectivity index (χ4n) is 5.37. The Kier molecular flexibility index (Phi) is 3.05. The Labute approximate surface area is 126 Å². The predicted molar refractivity (Wildman–Crippen MR) is 82.6 cm³/mol. The van der Waals surface area contributed by atoms with E-state index in [-0.39, 0.29) is 11.5 Å². The fourth-order valence-corrected chi connectivity index (χ4v) is 5.37. The van der Waals surface area contributed by atoms with E-state index >= 15 is 0 Å². The van der Waals surface area contributed by atoms with E-state index in [4.69, 9.17) is 4.74 Å². The molecular weight excluding hydrogens is 262 g/mol. The summed E-state index contributed by atoms with van der Waals surface area (Å²) < 4.78 is 5.46. The number of rotatable bonds is 1. The first-order valence-corrected chi connectivity index (χ1v) is 8.24. The molecule has 21 heavy (non-hydrogen) atoms. The lowest BCUT2D eigenvalue weighted by Gasteiger charge is -2.59. The molecule has 1 aromatic rings. The van der Waals surface area contributed by atoms with Crippen molar-refractivity contribution in [2.24, 2.45) is 5.92 Å². The van der Waals surface area contributed by atoms with Crippen LogP contribution < -0.4 is 4.74 Å². The zero-order valence-electron chi connectivity index (χ0n) is 13.0. The summed E-state index contributed by atoms with van der Waals surface area (Å²) in [6, 6.07) is 6.59. The number of benzene rings is 1. The number of hydrogen-bond donors (Lipinski definition) is 1. The molecule has 1 N–H and O–H groups in total. The normalized spacial score (nSPS) is 38.5. The number of aliphatic hydroxyl groups is 1. The van der Waals surface area contributed by atoms with E-state index in [0.717, 1.165) is 17.9 Å². The highest BCUT2D eigenvalue weighted by atomic mass is 16.5. The molecule has 0 amide bonds. The zero-order chi connectivity index (χ0) is 14.6. The molecule has 4 rings (SSSR count). The van der Waals surface area contributed by atoms with E-state index in [1.54, 1.807) is 7.11 Å². The van der Waals surface area contributed by atoms with Crippen LogP contribution in [0.3, 0.4) is 0 Å². The second-order valence-corrected chi connectivity index (χ2v) is 7.13. The van der Waals surface area contributed by atoms with Gasteiger partial charge in [0.25, 0.3) is 0 Å². The van der Waals surface area contributed by atoms with Crippen molar-refractivity contribution in [3.8, 4) is 5.75 Å². The van der Waals surface area contributed by atoms with Gasteiger partial charge in [-0.15, -0.1) is 0 Å². The van der Waals surface area contributed by atoms with E-state index in [1.165, 1.54) is 37.7 Å². The van der Waals surface area contributed by atoms with Crippen molar-refractivity contribution in [3.63, 3.8) is 0 Å². The monoisotopic (exact) mass is 287 g/mol. The lowest BCUT2D eigenvalue weighted by molar-refractivity contribution is -0.0680. The molecule has 1 saturated carbocycles. The Morgan fingerprint density at radius 1 is 1.29 bits per heavy atom. The van der Waals surface area contributed by atoms with Gasteiger partial charge < -0.3 is 14.7 Å². The maximum atomic E-state index is 11.0. The predicted octanol–water partition coefficient (Wildman–Crippen LogP) is 2.87. The van der Waals surface area contributed by atoms with Gasteiger partial charge in [0.2, 0.25) is 0 Å². The molecule has 2 aliphatic carbocycles. The number of methoxy groups -OCH3 is 1. The zero-order valence-corrected chi connectivity index (χ0v) is 13.0. The molecule has 1 aromatic carbocycles. The molecule has 0 unspecified atom stereocenters. The minimum atomic E-state index is -0.354. The summed E-state index contributed by atoms with van der Waals surface area (Å²) in [5.41, 5.74) is 2.80. The molecule has 114 valence electrons. The molecule has 1 aliphatic heterocycles. The van der Waals surface area contributed by atoms with Crippen LogP contribution in [-0.2, 0) is 5.41 Å². The molecule has 2 bridgehead atoms. The average molecular weight is 287 g/mol. The van der Waals surface area contributed by atoms with Gasteiger partial charge in [-0.3, -0.25) is 0 Å². The standard InChI is InChI=1S/C18H25NO2/c1-19-10-9-18-8-4-3-5-14(18)16(19)17(20)13-7-6-12(21-2)11-15(13)18/h6-7,11,14,16-17,20H,3-5,8-10H2,1-2H3/t14-,16-,17+,18+/m0/s1. The third-order valence-corrected chi connectivity index (χ3v) is 6.37. The largest absolute Gasteiger partial charge is 0.497 e. The van der Waals surface area contributed by atoms with E-state index < -0.39 is 0 Å². The molecule has 4 atom stereocenters. The van der Waals surface area contributed by atoms with Crippen molar-refractivity contribution in [2.45, 2.75) is 49.7 Å². The van der Waals surface area contributed by atoms with E-state index in [1.807, 2.05) is 6.07 Å². The number of nitrogens with zero attached hydrogens (tertiary/aromatic N) is 1. The second kappa shape index (κ2) is 4.72. The van der Waals surface area contributed by atoms with E-state index in [0.29, 0.717) is 12.0 Å². The van der Waals surface area contributed by atoms with Crippen LogP contribution in [0.4, 0.5) is 0 Å². The number of hydrogen-bond acceptors (Lipinski definition) is 3. The Bertz CT molecular complexity index is 558. The van der Waals surface area contributed by atoms with Crippen LogP contribution in [0.5, 0.6) is 5.75 Å². The molecule has 3 nitrogen and oxygen atoms in total. The molecule has 2 fully saturated rings. The van der Waals surface area contributed by atoms with Gasteiger partial charge in [0.15, 0.2) is 0 Å². The average Bonchev–Trinajstić information content (AvgIpc) is 2.53. The van der Waals surface area contributed by atoms with Gasteiger partial charge in [-0.1, -0.05) is 18.9 Å². The third kappa shape index (κ3) is 1.74. The van der Waals surface area contributed by atoms with Crippen molar-refractivity contribution < 1.29 is 9.84 Å². The van der Waals surface area contributed by atoms with Crippen LogP contribution in [0.1, 0.15) is 49.3 Å². The van der Waals surface area contributed by atoms with Gasteiger partial charge in [-0.05, 0) is 62.0 Å². The summed E-state index contributed by atoms with van der Waals surface area (Å²) in [7, 11) is 3.91. The minimum Gasteiger partial charge on any atom is -0.497 e. The Balaban J connectivity index is 1.92. The van der Waals surface area contributed by atoms with Crippen LogP contribution in [0, 0.1) is 5.92 Å². The minimum absolute atomic E-state index is 0.276. The van der Waals surface area contributed by atoms with Gasteiger partial charge in [0, 0.05) is 11.5 Å². The number of piperidine rings is 1. The smallest absolute Gasteiger partial charge is 0.119 e. The molecular formula is C18H25NO2. The first-order chi connectivity index (χ1) is 10.2. The Morgan fingerprint density at radius 2 is 2.14 bits per heavy atom. The topological polar surface area (TPSA) is 32.7 Å². The number of aliphatic hydroxyl groups excluding tert-OH is 1. The maximum absolute atomic E-state index is 11.0. The van der Waals surface area contributed by atoms with E-state index in [9.17, 15) is 5.11 Å². The fraction of sp³-hybridized carbons (Fsp3) is 0.667. The second-order valence-electron chi connectivity index (χ2n) is 7.13. The summed E-state index contributed by atoms with van der Waals surface area (Å²) >= 11 is 0. The van der Waals surface area contributed by atoms with Gasteiger partial charge in [-0.2, -0.15) is 0 Å². The Morgan fingerprint density at radius 3 is 2.95 bits per heavy atom. The lowest BCUT2D eigenvalue weighted by Crippen LogP contribution is -2.61. The van der Waals surface area contributed by atoms with Crippen molar-refractivity contribution in [3.05, 3.63) is 29.3 Å². The number of likely N-dealkylation sites (tertiary alicyclic amines) is 1. The molecule has 0 aromatic heterocycles. The van der Waals surface area contributed by atoms with Gasteiger partial charge in [0.1, 0.15) is 5.75 Å². The Hall–Kier alpha value is -1.06. The summed E-state index contributed by atoms with van der Waals surface area (Å²) in [6.07, 6.45) is 6.02. The van der Waals surface area contributed by atoms with Gasteiger partial charge >= 0.3 is 0 Å². The maximum Gasteiger partial charge on any atom is 0.119 e. The third-order valence-electron chi connectivity index (χ3n) is 6.37. The SMILES string of the molecule is COc1ccc2c(c1)[C@@]13CCCC[C@H]1[C@@H]([C@@H]2O)N(C)CC3. The summed E-state index contributed by atoms with van der Waals surface area (Å²) in [5.74, 6) is 1.52.